The molecule has 0 unspecified atom stereocenters. The van der Waals surface area contributed by atoms with E-state index in [1.54, 1.807) is 0 Å². The van der Waals surface area contributed by atoms with Crippen LogP contribution in [0, 0.1) is 11.8 Å². The first-order chi connectivity index (χ1) is 12.6. The maximum absolute atomic E-state index is 12.7. The number of hydrogen-bond acceptors (Lipinski definition) is 4. The first-order valence-corrected chi connectivity index (χ1v) is 9.69. The van der Waals surface area contributed by atoms with Gasteiger partial charge >= 0.3 is 5.97 Å². The Morgan fingerprint density at radius 1 is 1.04 bits per heavy atom. The Morgan fingerprint density at radius 3 is 2.22 bits per heavy atom. The summed E-state index contributed by atoms with van der Waals surface area (Å²) in [4.78, 5) is 25.2. The molecule has 0 radical (unpaired) electrons. The highest BCUT2D eigenvalue weighted by molar-refractivity contribution is 5.94. The molecule has 27 heavy (non-hydrogen) atoms. The summed E-state index contributed by atoms with van der Waals surface area (Å²) in [7, 11) is 0. The van der Waals surface area contributed by atoms with Gasteiger partial charge in [0.15, 0.2) is 0 Å². The van der Waals surface area contributed by atoms with Crippen molar-refractivity contribution in [3.8, 4) is 0 Å². The van der Waals surface area contributed by atoms with Crippen molar-refractivity contribution in [2.45, 2.75) is 32.1 Å². The third-order valence-corrected chi connectivity index (χ3v) is 5.68. The predicted molar refractivity (Wildman–Crippen MR) is 109 cm³/mol. The number of carbonyl (C=O) groups excluding carboxylic acids is 1. The van der Waals surface area contributed by atoms with E-state index in [0.717, 1.165) is 56.5 Å². The van der Waals surface area contributed by atoms with Crippen LogP contribution >= 0.6 is 12.4 Å². The van der Waals surface area contributed by atoms with Gasteiger partial charge in [0, 0.05) is 30.9 Å². The molecule has 2 saturated heterocycles. The Labute approximate surface area is 167 Å². The number of nitrogens with one attached hydrogen (secondary N) is 2. The number of nitrogens with zero attached hydrogens (tertiary/aromatic N) is 1. The number of carbonyl (C=O) groups is 2. The SMILES string of the molecule is Cl.O=C(O)CCNc1ccc(C(=O)N2CCC(C3CCNCC3)CC2)cc1. The summed E-state index contributed by atoms with van der Waals surface area (Å²) in [5.41, 5.74) is 1.54. The minimum atomic E-state index is -0.822. The smallest absolute Gasteiger partial charge is 0.305 e. The van der Waals surface area contributed by atoms with Crippen molar-refractivity contribution >= 4 is 30.0 Å². The fourth-order valence-electron chi connectivity index (χ4n) is 4.12. The number of anilines is 1. The standard InChI is InChI=1S/C20H29N3O3.ClH/c24-19(25)7-12-22-18-3-1-17(2-4-18)20(26)23-13-8-16(9-14-23)15-5-10-21-11-6-15;/h1-4,15-16,21-22H,5-14H2,(H,24,25);1H. The van der Waals surface area contributed by atoms with Gasteiger partial charge in [0.05, 0.1) is 6.42 Å². The average Bonchev–Trinajstić information content (AvgIpc) is 2.68. The van der Waals surface area contributed by atoms with Crippen molar-refractivity contribution in [2.24, 2.45) is 11.8 Å². The molecule has 2 aliphatic heterocycles. The molecule has 6 nitrogen and oxygen atoms in total. The summed E-state index contributed by atoms with van der Waals surface area (Å²) in [6.07, 6.45) is 4.85. The Balaban J connectivity index is 0.00000261. The summed E-state index contributed by atoms with van der Waals surface area (Å²) in [5.74, 6) is 0.870. The normalized spacial score (nSPS) is 18.6. The Bertz CT molecular complexity index is 609. The number of halogens is 1. The van der Waals surface area contributed by atoms with Crippen LogP contribution in [0.2, 0.25) is 0 Å². The molecular weight excluding hydrogens is 366 g/mol. The lowest BCUT2D eigenvalue weighted by Crippen LogP contribution is -2.42. The molecule has 0 spiro atoms. The Hall–Kier alpha value is -1.79. The average molecular weight is 396 g/mol. The molecule has 2 heterocycles. The first kappa shape index (κ1) is 21.5. The van der Waals surface area contributed by atoms with Crippen LogP contribution in [0.25, 0.3) is 0 Å². The van der Waals surface area contributed by atoms with Crippen molar-refractivity contribution in [3.05, 3.63) is 29.8 Å². The van der Waals surface area contributed by atoms with Gasteiger partial charge in [-0.3, -0.25) is 9.59 Å². The van der Waals surface area contributed by atoms with E-state index in [2.05, 4.69) is 10.6 Å². The molecule has 150 valence electrons. The predicted octanol–water partition coefficient (Wildman–Crippen LogP) is 2.85. The van der Waals surface area contributed by atoms with E-state index in [1.807, 2.05) is 29.2 Å². The third kappa shape index (κ3) is 6.11. The van der Waals surface area contributed by atoms with Crippen LogP contribution < -0.4 is 10.6 Å². The zero-order chi connectivity index (χ0) is 18.4. The molecule has 0 saturated carbocycles. The lowest BCUT2D eigenvalue weighted by molar-refractivity contribution is -0.136. The molecule has 7 heteroatoms. The van der Waals surface area contributed by atoms with E-state index in [0.29, 0.717) is 12.1 Å². The fraction of sp³-hybridized carbons (Fsp3) is 0.600. The summed E-state index contributed by atoms with van der Waals surface area (Å²) in [6, 6.07) is 7.34. The second-order valence-corrected chi connectivity index (χ2v) is 7.36. The van der Waals surface area contributed by atoms with Gasteiger partial charge in [-0.05, 0) is 74.9 Å². The van der Waals surface area contributed by atoms with Crippen molar-refractivity contribution in [1.82, 2.24) is 10.2 Å². The highest BCUT2D eigenvalue weighted by atomic mass is 35.5. The number of carboxylic acid groups (broad SMARTS) is 1. The van der Waals surface area contributed by atoms with Gasteiger partial charge < -0.3 is 20.6 Å². The van der Waals surface area contributed by atoms with Gasteiger partial charge in [0.25, 0.3) is 5.91 Å². The second-order valence-electron chi connectivity index (χ2n) is 7.36. The molecule has 1 amide bonds. The van der Waals surface area contributed by atoms with E-state index >= 15 is 0 Å². The summed E-state index contributed by atoms with van der Waals surface area (Å²) in [6.45, 7) is 4.36. The van der Waals surface area contributed by atoms with Gasteiger partial charge in [0.1, 0.15) is 0 Å². The van der Waals surface area contributed by atoms with Crippen LogP contribution in [0.5, 0.6) is 0 Å². The number of benzene rings is 1. The third-order valence-electron chi connectivity index (χ3n) is 5.68. The highest BCUT2D eigenvalue weighted by Gasteiger charge is 2.29. The maximum atomic E-state index is 12.7. The van der Waals surface area contributed by atoms with Crippen LogP contribution in [0.15, 0.2) is 24.3 Å². The van der Waals surface area contributed by atoms with E-state index in [4.69, 9.17) is 5.11 Å². The molecule has 0 aromatic heterocycles. The molecule has 3 N–H and O–H groups in total. The summed E-state index contributed by atoms with van der Waals surface area (Å²) in [5, 5.41) is 15.1. The van der Waals surface area contributed by atoms with Crippen LogP contribution in [-0.2, 0) is 4.79 Å². The first-order valence-electron chi connectivity index (χ1n) is 9.69. The number of carboxylic acids is 1. The maximum Gasteiger partial charge on any atom is 0.305 e. The van der Waals surface area contributed by atoms with E-state index in [-0.39, 0.29) is 24.7 Å². The van der Waals surface area contributed by atoms with Crippen LogP contribution in [0.4, 0.5) is 5.69 Å². The number of rotatable bonds is 6. The number of piperidine rings is 2. The zero-order valence-electron chi connectivity index (χ0n) is 15.7. The molecule has 0 aliphatic carbocycles. The fourth-order valence-corrected chi connectivity index (χ4v) is 4.12. The molecule has 1 aromatic carbocycles. The molecule has 0 atom stereocenters. The largest absolute Gasteiger partial charge is 0.481 e. The number of likely N-dealkylation sites (tertiary alicyclic amines) is 1. The topological polar surface area (TPSA) is 81.7 Å². The minimum absolute atomic E-state index is 0. The van der Waals surface area contributed by atoms with Crippen LogP contribution in [-0.4, -0.2) is 54.6 Å². The molecule has 1 aromatic rings. The molecule has 2 aliphatic rings. The highest BCUT2D eigenvalue weighted by Crippen LogP contribution is 2.31. The van der Waals surface area contributed by atoms with Crippen LogP contribution in [0.3, 0.4) is 0 Å². The van der Waals surface area contributed by atoms with Crippen LogP contribution in [0.1, 0.15) is 42.5 Å². The second kappa shape index (κ2) is 10.5. The molecule has 2 fully saturated rings. The molecule has 0 bridgehead atoms. The monoisotopic (exact) mass is 395 g/mol. The van der Waals surface area contributed by atoms with Crippen molar-refractivity contribution in [3.63, 3.8) is 0 Å². The van der Waals surface area contributed by atoms with Gasteiger partial charge in [0.2, 0.25) is 0 Å². The van der Waals surface area contributed by atoms with Crippen molar-refractivity contribution in [2.75, 3.05) is 38.0 Å². The molecular formula is C20H30ClN3O3. The van der Waals surface area contributed by atoms with Gasteiger partial charge in [-0.2, -0.15) is 0 Å². The van der Waals surface area contributed by atoms with Crippen molar-refractivity contribution < 1.29 is 14.7 Å². The van der Waals surface area contributed by atoms with Gasteiger partial charge in [-0.25, -0.2) is 0 Å². The van der Waals surface area contributed by atoms with E-state index < -0.39 is 5.97 Å². The lowest BCUT2D eigenvalue weighted by atomic mass is 9.79. The zero-order valence-corrected chi connectivity index (χ0v) is 16.5. The van der Waals surface area contributed by atoms with Crippen molar-refractivity contribution in [1.29, 1.82) is 0 Å². The summed E-state index contributed by atoms with van der Waals surface area (Å²) < 4.78 is 0. The number of hydrogen-bond donors (Lipinski definition) is 3. The number of aliphatic carboxylic acids is 1. The van der Waals surface area contributed by atoms with Gasteiger partial charge in [-0.1, -0.05) is 0 Å². The lowest BCUT2D eigenvalue weighted by Gasteiger charge is -2.37. The van der Waals surface area contributed by atoms with E-state index in [9.17, 15) is 9.59 Å². The Morgan fingerprint density at radius 2 is 1.63 bits per heavy atom. The molecule has 3 rings (SSSR count). The summed E-state index contributed by atoms with van der Waals surface area (Å²) >= 11 is 0. The minimum Gasteiger partial charge on any atom is -0.481 e. The number of amides is 1. The van der Waals surface area contributed by atoms with Gasteiger partial charge in [-0.15, -0.1) is 12.4 Å². The van der Waals surface area contributed by atoms with E-state index in [1.165, 1.54) is 12.8 Å². The Kier molecular flexibility index (Phi) is 8.38. The quantitative estimate of drug-likeness (QED) is 0.690.